The van der Waals surface area contributed by atoms with E-state index >= 15 is 0 Å². The Morgan fingerprint density at radius 2 is 2.13 bits per heavy atom. The molecule has 0 radical (unpaired) electrons. The lowest BCUT2D eigenvalue weighted by Crippen LogP contribution is -2.36. The molecule has 1 N–H and O–H groups in total. The van der Waals surface area contributed by atoms with Gasteiger partial charge in [0.15, 0.2) is 6.23 Å². The molecule has 3 unspecified atom stereocenters. The second-order valence-electron chi connectivity index (χ2n) is 8.37. The van der Waals surface area contributed by atoms with Crippen LogP contribution in [0.1, 0.15) is 49.6 Å². The zero-order chi connectivity index (χ0) is 21.2. The van der Waals surface area contributed by atoms with E-state index in [0.29, 0.717) is 6.61 Å². The van der Waals surface area contributed by atoms with Crippen molar-refractivity contribution in [3.63, 3.8) is 0 Å². The van der Waals surface area contributed by atoms with Gasteiger partial charge in [0.1, 0.15) is 5.75 Å². The minimum absolute atomic E-state index is 0.0103. The van der Waals surface area contributed by atoms with Crippen molar-refractivity contribution in [3.05, 3.63) is 65.9 Å². The molecule has 6 heteroatoms. The van der Waals surface area contributed by atoms with Gasteiger partial charge in [-0.1, -0.05) is 37.3 Å². The Balaban J connectivity index is 1.32. The lowest BCUT2D eigenvalue weighted by Gasteiger charge is -2.31. The van der Waals surface area contributed by atoms with Crippen LogP contribution in [0.4, 0.5) is 0 Å². The van der Waals surface area contributed by atoms with Crippen LogP contribution < -0.4 is 10.1 Å². The van der Waals surface area contributed by atoms with Crippen LogP contribution in [-0.2, 0) is 9.53 Å². The molecule has 3 aromatic rings. The molecule has 0 bridgehead atoms. The third-order valence-electron chi connectivity index (χ3n) is 6.10. The van der Waals surface area contributed by atoms with Crippen molar-refractivity contribution in [1.29, 1.82) is 0 Å². The fourth-order valence-corrected chi connectivity index (χ4v) is 4.39. The topological polar surface area (TPSA) is 65.4 Å². The van der Waals surface area contributed by atoms with Gasteiger partial charge in [-0.25, -0.2) is 4.68 Å². The highest BCUT2D eigenvalue weighted by Gasteiger charge is 2.28. The summed E-state index contributed by atoms with van der Waals surface area (Å²) in [4.78, 5) is 12.7. The Bertz CT molecular complexity index is 1110. The van der Waals surface area contributed by atoms with E-state index in [-0.39, 0.29) is 24.1 Å². The molecule has 3 atom stereocenters. The predicted molar refractivity (Wildman–Crippen MR) is 120 cm³/mol. The van der Waals surface area contributed by atoms with E-state index in [1.807, 2.05) is 53.4 Å². The number of carbonyl (C=O) groups is 1. The minimum Gasteiger partial charge on any atom is -0.493 e. The Labute approximate surface area is 181 Å². The molecule has 1 saturated heterocycles. The van der Waals surface area contributed by atoms with Crippen LogP contribution in [0.15, 0.2) is 54.7 Å². The average molecular weight is 418 g/mol. The SMILES string of the molecule is CC1COc2ccccc2C1NC(=O)/C=C/c1ccc2cnn(C3CCCCO3)c2c1. The van der Waals surface area contributed by atoms with Crippen molar-refractivity contribution in [1.82, 2.24) is 15.1 Å². The highest BCUT2D eigenvalue weighted by Crippen LogP contribution is 2.35. The second kappa shape index (κ2) is 8.55. The molecule has 1 fully saturated rings. The van der Waals surface area contributed by atoms with Gasteiger partial charge >= 0.3 is 0 Å². The van der Waals surface area contributed by atoms with Crippen LogP contribution in [0, 0.1) is 5.92 Å². The van der Waals surface area contributed by atoms with E-state index in [1.165, 1.54) is 0 Å². The van der Waals surface area contributed by atoms with Gasteiger partial charge in [0.25, 0.3) is 0 Å². The number of ether oxygens (including phenoxy) is 2. The van der Waals surface area contributed by atoms with Gasteiger partial charge in [0, 0.05) is 29.6 Å². The average Bonchev–Trinajstić information content (AvgIpc) is 3.23. The van der Waals surface area contributed by atoms with E-state index in [0.717, 1.165) is 53.6 Å². The zero-order valence-corrected chi connectivity index (χ0v) is 17.7. The molecular weight excluding hydrogens is 390 g/mol. The van der Waals surface area contributed by atoms with Crippen LogP contribution in [-0.4, -0.2) is 28.9 Å². The van der Waals surface area contributed by atoms with E-state index in [9.17, 15) is 4.79 Å². The number of para-hydroxylation sites is 1. The summed E-state index contributed by atoms with van der Waals surface area (Å²) in [6.45, 7) is 3.46. The lowest BCUT2D eigenvalue weighted by atomic mass is 9.92. The van der Waals surface area contributed by atoms with Gasteiger partial charge in [0.2, 0.25) is 5.91 Å². The van der Waals surface area contributed by atoms with Crippen LogP contribution in [0.25, 0.3) is 17.0 Å². The van der Waals surface area contributed by atoms with Gasteiger partial charge in [-0.2, -0.15) is 5.10 Å². The molecule has 3 heterocycles. The molecule has 5 rings (SSSR count). The van der Waals surface area contributed by atoms with Crippen LogP contribution >= 0.6 is 0 Å². The number of nitrogens with one attached hydrogen (secondary N) is 1. The van der Waals surface area contributed by atoms with Crippen molar-refractivity contribution >= 4 is 22.9 Å². The van der Waals surface area contributed by atoms with Gasteiger partial charge in [0.05, 0.1) is 24.4 Å². The molecule has 1 aromatic heterocycles. The normalized spacial score (nSPS) is 23.5. The summed E-state index contributed by atoms with van der Waals surface area (Å²) in [5, 5.41) is 8.76. The number of hydrogen-bond donors (Lipinski definition) is 1. The number of nitrogens with zero attached hydrogens (tertiary/aromatic N) is 2. The molecule has 0 saturated carbocycles. The van der Waals surface area contributed by atoms with Gasteiger partial charge in [-0.15, -0.1) is 0 Å². The molecule has 2 aliphatic heterocycles. The van der Waals surface area contributed by atoms with E-state index < -0.39 is 0 Å². The molecule has 160 valence electrons. The highest BCUT2D eigenvalue weighted by molar-refractivity contribution is 5.93. The number of aromatic nitrogens is 2. The van der Waals surface area contributed by atoms with Gasteiger partial charge in [-0.05, 0) is 43.0 Å². The standard InChI is InChI=1S/C25H27N3O3/c1-17-16-31-22-7-3-2-6-20(22)25(17)27-23(29)12-10-18-9-11-19-15-26-28(21(19)14-18)24-8-4-5-13-30-24/h2-3,6-7,9-12,14-15,17,24-25H,4-5,8,13,16H2,1H3,(H,27,29)/b12-10+. The second-order valence-corrected chi connectivity index (χ2v) is 8.37. The molecule has 6 nitrogen and oxygen atoms in total. The summed E-state index contributed by atoms with van der Waals surface area (Å²) in [6, 6.07) is 13.9. The fraction of sp³-hybridized carbons (Fsp3) is 0.360. The first kappa shape index (κ1) is 19.8. The van der Waals surface area contributed by atoms with Crippen molar-refractivity contribution < 1.29 is 14.3 Å². The summed E-state index contributed by atoms with van der Waals surface area (Å²) in [7, 11) is 0. The predicted octanol–water partition coefficient (Wildman–Crippen LogP) is 4.63. The maximum atomic E-state index is 12.7. The first-order chi connectivity index (χ1) is 15.2. The Morgan fingerprint density at radius 1 is 1.23 bits per heavy atom. The minimum atomic E-state index is -0.113. The first-order valence-electron chi connectivity index (χ1n) is 11.0. The largest absolute Gasteiger partial charge is 0.493 e. The molecule has 0 aliphatic carbocycles. The maximum absolute atomic E-state index is 12.7. The van der Waals surface area contributed by atoms with E-state index in [2.05, 4.69) is 23.4 Å². The van der Waals surface area contributed by atoms with Crippen molar-refractivity contribution in [3.8, 4) is 5.75 Å². The Hall–Kier alpha value is -3.12. The van der Waals surface area contributed by atoms with Crippen LogP contribution in [0.3, 0.4) is 0 Å². The molecule has 0 spiro atoms. The summed E-state index contributed by atoms with van der Waals surface area (Å²) < 4.78 is 13.6. The molecule has 2 aliphatic rings. The monoisotopic (exact) mass is 417 g/mol. The zero-order valence-electron chi connectivity index (χ0n) is 17.7. The Kier molecular flexibility index (Phi) is 5.47. The van der Waals surface area contributed by atoms with E-state index in [4.69, 9.17) is 9.47 Å². The van der Waals surface area contributed by atoms with Gasteiger partial charge in [-0.3, -0.25) is 4.79 Å². The lowest BCUT2D eigenvalue weighted by molar-refractivity contribution is -0.117. The summed E-state index contributed by atoms with van der Waals surface area (Å²) in [5.74, 6) is 0.935. The number of hydrogen-bond acceptors (Lipinski definition) is 4. The number of amides is 1. The number of carbonyl (C=O) groups excluding carboxylic acids is 1. The molecule has 2 aromatic carbocycles. The molecule has 31 heavy (non-hydrogen) atoms. The summed E-state index contributed by atoms with van der Waals surface area (Å²) >= 11 is 0. The smallest absolute Gasteiger partial charge is 0.244 e. The molecule has 1 amide bonds. The fourth-order valence-electron chi connectivity index (χ4n) is 4.39. The molecular formula is C25H27N3O3. The number of rotatable bonds is 4. The third-order valence-corrected chi connectivity index (χ3v) is 6.10. The summed E-state index contributed by atoms with van der Waals surface area (Å²) in [6.07, 6.45) is 8.55. The maximum Gasteiger partial charge on any atom is 0.244 e. The highest BCUT2D eigenvalue weighted by atomic mass is 16.5. The van der Waals surface area contributed by atoms with E-state index in [1.54, 1.807) is 6.08 Å². The van der Waals surface area contributed by atoms with Crippen molar-refractivity contribution in [2.24, 2.45) is 5.92 Å². The third kappa shape index (κ3) is 4.08. The van der Waals surface area contributed by atoms with Crippen LogP contribution in [0.5, 0.6) is 5.75 Å². The van der Waals surface area contributed by atoms with Crippen molar-refractivity contribution in [2.75, 3.05) is 13.2 Å². The Morgan fingerprint density at radius 3 is 3.00 bits per heavy atom. The van der Waals surface area contributed by atoms with Crippen LogP contribution in [0.2, 0.25) is 0 Å². The summed E-state index contributed by atoms with van der Waals surface area (Å²) in [5.41, 5.74) is 3.02. The number of fused-ring (bicyclic) bond motifs is 2. The number of benzene rings is 2. The van der Waals surface area contributed by atoms with Crippen molar-refractivity contribution in [2.45, 2.75) is 38.5 Å². The van der Waals surface area contributed by atoms with Gasteiger partial charge < -0.3 is 14.8 Å². The first-order valence-corrected chi connectivity index (χ1v) is 11.0. The quantitative estimate of drug-likeness (QED) is 0.629.